The molecule has 0 amide bonds. The summed E-state index contributed by atoms with van der Waals surface area (Å²) >= 11 is 8.53. The summed E-state index contributed by atoms with van der Waals surface area (Å²) in [5, 5.41) is 0. The lowest BCUT2D eigenvalue weighted by molar-refractivity contribution is 0.00892. The normalized spacial score (nSPS) is 19.6. The van der Waals surface area contributed by atoms with Crippen LogP contribution in [0.15, 0.2) is 16.6 Å². The van der Waals surface area contributed by atoms with E-state index in [9.17, 15) is 4.39 Å². The SMILES string of the molecule is Fc1cc2c(cc1Br)[nH]c(=S)n2CCC1CCCCO1. The van der Waals surface area contributed by atoms with E-state index in [1.54, 1.807) is 6.07 Å². The van der Waals surface area contributed by atoms with Crippen LogP contribution in [0.1, 0.15) is 25.7 Å². The van der Waals surface area contributed by atoms with Crippen molar-refractivity contribution in [1.29, 1.82) is 0 Å². The lowest BCUT2D eigenvalue weighted by atomic mass is 10.1. The first-order valence-corrected chi connectivity index (χ1v) is 8.04. The number of imidazole rings is 1. The maximum Gasteiger partial charge on any atom is 0.178 e. The molecule has 0 aliphatic carbocycles. The number of hydrogen-bond acceptors (Lipinski definition) is 2. The maximum absolute atomic E-state index is 13.7. The van der Waals surface area contributed by atoms with E-state index < -0.39 is 0 Å². The molecule has 2 aromatic rings. The average molecular weight is 359 g/mol. The van der Waals surface area contributed by atoms with Crippen LogP contribution in [0.5, 0.6) is 0 Å². The van der Waals surface area contributed by atoms with Gasteiger partial charge in [-0.15, -0.1) is 0 Å². The fourth-order valence-corrected chi connectivity index (χ4v) is 3.32. The van der Waals surface area contributed by atoms with Gasteiger partial charge >= 0.3 is 0 Å². The standard InChI is InChI=1S/C14H16BrFN2OS/c15-10-7-12-13(8-11(10)16)18(14(20)17-12)5-4-9-3-1-2-6-19-9/h7-9H,1-6H2,(H,17,20). The third-order valence-corrected chi connectivity index (χ3v) is 4.69. The Morgan fingerprint density at radius 3 is 3.05 bits per heavy atom. The Hall–Kier alpha value is -0.720. The third kappa shape index (κ3) is 2.82. The van der Waals surface area contributed by atoms with Gasteiger partial charge in [0.05, 0.1) is 21.6 Å². The number of ether oxygens (including phenoxy) is 1. The fourth-order valence-electron chi connectivity index (χ4n) is 2.68. The summed E-state index contributed by atoms with van der Waals surface area (Å²) in [6, 6.07) is 3.25. The molecule has 6 heteroatoms. The highest BCUT2D eigenvalue weighted by molar-refractivity contribution is 9.10. The van der Waals surface area contributed by atoms with E-state index in [4.69, 9.17) is 17.0 Å². The molecule has 20 heavy (non-hydrogen) atoms. The number of rotatable bonds is 3. The van der Waals surface area contributed by atoms with E-state index >= 15 is 0 Å². The minimum atomic E-state index is -0.269. The van der Waals surface area contributed by atoms with Crippen molar-refractivity contribution < 1.29 is 9.13 Å². The van der Waals surface area contributed by atoms with E-state index in [-0.39, 0.29) is 5.82 Å². The predicted octanol–water partition coefficient (Wildman–Crippen LogP) is 4.56. The molecule has 0 bridgehead atoms. The van der Waals surface area contributed by atoms with Crippen molar-refractivity contribution in [1.82, 2.24) is 9.55 Å². The molecule has 1 unspecified atom stereocenters. The molecule has 108 valence electrons. The molecule has 0 saturated carbocycles. The Labute approximate surface area is 130 Å². The number of hydrogen-bond donors (Lipinski definition) is 1. The zero-order chi connectivity index (χ0) is 14.1. The van der Waals surface area contributed by atoms with Gasteiger partial charge < -0.3 is 14.3 Å². The number of aryl methyl sites for hydroxylation is 1. The lowest BCUT2D eigenvalue weighted by Crippen LogP contribution is -2.20. The average Bonchev–Trinajstić information content (AvgIpc) is 2.73. The Morgan fingerprint density at radius 2 is 2.30 bits per heavy atom. The maximum atomic E-state index is 13.7. The minimum absolute atomic E-state index is 0.269. The van der Waals surface area contributed by atoms with Gasteiger partial charge in [0, 0.05) is 19.2 Å². The zero-order valence-electron chi connectivity index (χ0n) is 11.0. The summed E-state index contributed by atoms with van der Waals surface area (Å²) in [4.78, 5) is 3.12. The van der Waals surface area contributed by atoms with Gasteiger partial charge in [0.25, 0.3) is 0 Å². The second-order valence-corrected chi connectivity index (χ2v) is 6.38. The largest absolute Gasteiger partial charge is 0.378 e. The van der Waals surface area contributed by atoms with Crippen molar-refractivity contribution >= 4 is 39.2 Å². The molecule has 1 atom stereocenters. The van der Waals surface area contributed by atoms with Gasteiger partial charge in [0.15, 0.2) is 4.77 Å². The van der Waals surface area contributed by atoms with Crippen molar-refractivity contribution in [3.05, 3.63) is 27.2 Å². The molecule has 1 aliphatic heterocycles. The Morgan fingerprint density at radius 1 is 1.45 bits per heavy atom. The minimum Gasteiger partial charge on any atom is -0.378 e. The van der Waals surface area contributed by atoms with Gasteiger partial charge in [-0.3, -0.25) is 0 Å². The molecular formula is C14H16BrFN2OS. The molecule has 3 nitrogen and oxygen atoms in total. The van der Waals surface area contributed by atoms with Crippen LogP contribution < -0.4 is 0 Å². The van der Waals surface area contributed by atoms with Crippen LogP contribution in [0.2, 0.25) is 0 Å². The monoisotopic (exact) mass is 358 g/mol. The van der Waals surface area contributed by atoms with Crippen LogP contribution in [0.25, 0.3) is 11.0 Å². The summed E-state index contributed by atoms with van der Waals surface area (Å²) < 4.78 is 22.5. The van der Waals surface area contributed by atoms with Crippen molar-refractivity contribution in [2.75, 3.05) is 6.61 Å². The number of fused-ring (bicyclic) bond motifs is 1. The second-order valence-electron chi connectivity index (χ2n) is 5.14. The summed E-state index contributed by atoms with van der Waals surface area (Å²) in [7, 11) is 0. The summed E-state index contributed by atoms with van der Waals surface area (Å²) in [5.41, 5.74) is 1.67. The third-order valence-electron chi connectivity index (χ3n) is 3.76. The fraction of sp³-hybridized carbons (Fsp3) is 0.500. The van der Waals surface area contributed by atoms with Gasteiger partial charge in [0.1, 0.15) is 5.82 Å². The molecule has 0 radical (unpaired) electrons. The number of aromatic nitrogens is 2. The van der Waals surface area contributed by atoms with Gasteiger partial charge in [-0.05, 0) is 59.9 Å². The van der Waals surface area contributed by atoms with Crippen LogP contribution >= 0.6 is 28.1 Å². The van der Waals surface area contributed by atoms with E-state index in [1.165, 1.54) is 12.5 Å². The summed E-state index contributed by atoms with van der Waals surface area (Å²) in [6.45, 7) is 1.61. The molecular weight excluding hydrogens is 343 g/mol. The van der Waals surface area contributed by atoms with Crippen LogP contribution in [0, 0.1) is 10.6 Å². The van der Waals surface area contributed by atoms with Crippen molar-refractivity contribution in [2.45, 2.75) is 38.3 Å². The number of nitrogens with zero attached hydrogens (tertiary/aromatic N) is 1. The van der Waals surface area contributed by atoms with Crippen LogP contribution in [-0.4, -0.2) is 22.3 Å². The van der Waals surface area contributed by atoms with Gasteiger partial charge in [-0.25, -0.2) is 4.39 Å². The predicted molar refractivity (Wildman–Crippen MR) is 83.0 cm³/mol. The van der Waals surface area contributed by atoms with Crippen molar-refractivity contribution in [3.63, 3.8) is 0 Å². The summed E-state index contributed by atoms with van der Waals surface area (Å²) in [6.07, 6.45) is 4.71. The lowest BCUT2D eigenvalue weighted by Gasteiger charge is -2.22. The molecule has 2 heterocycles. The van der Waals surface area contributed by atoms with Crippen molar-refractivity contribution in [2.24, 2.45) is 0 Å². The van der Waals surface area contributed by atoms with E-state index in [0.717, 1.165) is 43.4 Å². The van der Waals surface area contributed by atoms with Gasteiger partial charge in [-0.1, -0.05) is 0 Å². The number of halogens is 2. The highest BCUT2D eigenvalue weighted by Gasteiger charge is 2.15. The van der Waals surface area contributed by atoms with Crippen LogP contribution in [0.4, 0.5) is 4.39 Å². The number of aromatic amines is 1. The molecule has 1 aromatic carbocycles. The second kappa shape index (κ2) is 5.95. The number of benzene rings is 1. The highest BCUT2D eigenvalue weighted by Crippen LogP contribution is 2.24. The van der Waals surface area contributed by atoms with Crippen LogP contribution in [-0.2, 0) is 11.3 Å². The summed E-state index contributed by atoms with van der Waals surface area (Å²) in [5.74, 6) is -0.269. The first-order chi connectivity index (χ1) is 9.65. The Balaban J connectivity index is 1.85. The first kappa shape index (κ1) is 14.2. The number of nitrogens with one attached hydrogen (secondary N) is 1. The smallest absolute Gasteiger partial charge is 0.178 e. The van der Waals surface area contributed by atoms with Gasteiger partial charge in [-0.2, -0.15) is 0 Å². The van der Waals surface area contributed by atoms with Crippen LogP contribution in [0.3, 0.4) is 0 Å². The van der Waals surface area contributed by atoms with Gasteiger partial charge in [0.2, 0.25) is 0 Å². The topological polar surface area (TPSA) is 29.9 Å². The number of H-pyrrole nitrogens is 1. The molecule has 1 N–H and O–H groups in total. The molecule has 1 saturated heterocycles. The molecule has 1 aromatic heterocycles. The first-order valence-electron chi connectivity index (χ1n) is 6.84. The highest BCUT2D eigenvalue weighted by atomic mass is 79.9. The quantitative estimate of drug-likeness (QED) is 0.815. The van der Waals surface area contributed by atoms with E-state index in [0.29, 0.717) is 15.3 Å². The zero-order valence-corrected chi connectivity index (χ0v) is 13.4. The molecule has 1 fully saturated rings. The molecule has 0 spiro atoms. The van der Waals surface area contributed by atoms with E-state index in [2.05, 4.69) is 20.9 Å². The Bertz CT molecular complexity index is 676. The van der Waals surface area contributed by atoms with Crippen molar-refractivity contribution in [3.8, 4) is 0 Å². The molecule has 1 aliphatic rings. The van der Waals surface area contributed by atoms with E-state index in [1.807, 2.05) is 4.57 Å². The Kier molecular flexibility index (Phi) is 4.23. The molecule has 3 rings (SSSR count).